The number of aromatic nitrogens is 10. The zero-order valence-electron chi connectivity index (χ0n) is 59.7. The van der Waals surface area contributed by atoms with Crippen LogP contribution < -0.4 is 0 Å². The minimum absolute atomic E-state index is 0.586. The van der Waals surface area contributed by atoms with Crippen LogP contribution in [-0.4, -0.2) is 49.8 Å². The molecule has 0 fully saturated rings. The summed E-state index contributed by atoms with van der Waals surface area (Å²) in [5.74, 6) is 3.61. The van der Waals surface area contributed by atoms with Gasteiger partial charge in [-0.25, -0.2) is 49.8 Å². The van der Waals surface area contributed by atoms with E-state index in [4.69, 9.17) is 49.8 Å². The number of nitrogens with zero attached hydrogens (tertiary/aromatic N) is 10. The monoisotopic (exact) mass is 1410 g/mol. The molecule has 0 saturated heterocycles. The molecule has 0 N–H and O–H groups in total. The molecule has 2 aliphatic carbocycles. The molecule has 2 aliphatic rings. The Kier molecular flexibility index (Phi) is 17.6. The summed E-state index contributed by atoms with van der Waals surface area (Å²) in [5, 5.41) is 0. The van der Waals surface area contributed by atoms with Crippen molar-refractivity contribution in [1.29, 1.82) is 0 Å². The highest BCUT2D eigenvalue weighted by Crippen LogP contribution is 2.46. The van der Waals surface area contributed by atoms with Gasteiger partial charge in [-0.2, -0.15) is 0 Å². The van der Waals surface area contributed by atoms with Crippen molar-refractivity contribution in [1.82, 2.24) is 49.8 Å². The van der Waals surface area contributed by atoms with Crippen molar-refractivity contribution < 1.29 is 0 Å². The van der Waals surface area contributed by atoms with Crippen molar-refractivity contribution in [3.63, 3.8) is 0 Å². The molecular weight excluding hydrogens is 1340 g/mol. The fraction of sp³-hybridized carbons (Fsp3) is 0.0200. The van der Waals surface area contributed by atoms with Gasteiger partial charge in [-0.05, 0) is 126 Å². The first-order valence-electron chi connectivity index (χ1n) is 36.9. The summed E-state index contributed by atoms with van der Waals surface area (Å²) in [6.45, 7) is 0. The molecule has 0 unspecified atom stereocenters. The maximum absolute atomic E-state index is 5.23. The van der Waals surface area contributed by atoms with Gasteiger partial charge >= 0.3 is 0 Å². The van der Waals surface area contributed by atoms with Crippen LogP contribution in [0, 0.1) is 0 Å². The summed E-state index contributed by atoms with van der Waals surface area (Å²) in [6, 6.07) is 126. The molecule has 0 radical (unpaired) electrons. The first-order chi connectivity index (χ1) is 54.5. The second-order valence-electron chi connectivity index (χ2n) is 27.5. The van der Waals surface area contributed by atoms with Crippen LogP contribution in [-0.2, 0) is 12.8 Å². The smallest absolute Gasteiger partial charge is 0.164 e. The molecule has 0 saturated carbocycles. The van der Waals surface area contributed by atoms with E-state index in [0.717, 1.165) is 147 Å². The van der Waals surface area contributed by atoms with Crippen molar-refractivity contribution in [2.45, 2.75) is 12.8 Å². The van der Waals surface area contributed by atoms with Crippen LogP contribution in [0.25, 0.3) is 180 Å². The van der Waals surface area contributed by atoms with E-state index < -0.39 is 0 Å². The third kappa shape index (κ3) is 13.3. The van der Waals surface area contributed by atoms with E-state index in [1.54, 1.807) is 12.7 Å². The molecule has 18 aromatic rings. The Bertz CT molecular complexity index is 6250. The SMILES string of the molecule is c1ccc(-c2cccc(-c3nc(-c4cccc(-c5ccccc5)c4)nc(-c4cc(-c5ccccc5)cc(-c5ncnc6c5Cc5ccccc5-6)c4)n3)c2)cc1.c1ccc(-c2cccc(-c3nc(-c4cccc(-c5ccccc5)c4)nc(-c4cccc(-c5ncnc6c5Cc5c(-c7ccccc7)cccc5-6)c4)n3)c2)cc1. The van der Waals surface area contributed by atoms with Crippen molar-refractivity contribution in [2.75, 3.05) is 0 Å². The van der Waals surface area contributed by atoms with Gasteiger partial charge in [0.25, 0.3) is 0 Å². The maximum atomic E-state index is 5.23. The molecule has 0 aliphatic heterocycles. The van der Waals surface area contributed by atoms with E-state index in [9.17, 15) is 0 Å². The zero-order valence-corrected chi connectivity index (χ0v) is 59.7. The summed E-state index contributed by atoms with van der Waals surface area (Å²) in [7, 11) is 0. The molecule has 0 spiro atoms. The Morgan fingerprint density at radius 2 is 0.418 bits per heavy atom. The fourth-order valence-electron chi connectivity index (χ4n) is 15.2. The molecule has 10 nitrogen and oxygen atoms in total. The average molecular weight is 1410 g/mol. The van der Waals surface area contributed by atoms with Crippen LogP contribution in [0.3, 0.4) is 0 Å². The van der Waals surface area contributed by atoms with E-state index in [2.05, 4.69) is 334 Å². The predicted molar refractivity (Wildman–Crippen MR) is 443 cm³/mol. The molecule has 20 rings (SSSR count). The number of benzene rings is 14. The van der Waals surface area contributed by atoms with Gasteiger partial charge in [0.2, 0.25) is 0 Å². The van der Waals surface area contributed by atoms with Gasteiger partial charge in [-0.1, -0.05) is 315 Å². The van der Waals surface area contributed by atoms with E-state index in [-0.39, 0.29) is 0 Å². The van der Waals surface area contributed by atoms with Crippen LogP contribution in [0.5, 0.6) is 0 Å². The third-order valence-electron chi connectivity index (χ3n) is 20.5. The van der Waals surface area contributed by atoms with Crippen LogP contribution in [0.2, 0.25) is 0 Å². The third-order valence-corrected chi connectivity index (χ3v) is 20.5. The van der Waals surface area contributed by atoms with Crippen LogP contribution >= 0.6 is 0 Å². The van der Waals surface area contributed by atoms with Crippen LogP contribution in [0.1, 0.15) is 22.3 Å². The molecule has 14 aromatic carbocycles. The molecule has 110 heavy (non-hydrogen) atoms. The quantitative estimate of drug-likeness (QED) is 0.104. The van der Waals surface area contributed by atoms with E-state index >= 15 is 0 Å². The van der Waals surface area contributed by atoms with E-state index in [1.807, 2.05) is 30.3 Å². The minimum atomic E-state index is 0.586. The second kappa shape index (κ2) is 29.3. The Morgan fingerprint density at radius 3 is 0.855 bits per heavy atom. The van der Waals surface area contributed by atoms with Gasteiger partial charge in [0, 0.05) is 79.6 Å². The van der Waals surface area contributed by atoms with Gasteiger partial charge in [0.1, 0.15) is 12.7 Å². The highest BCUT2D eigenvalue weighted by Gasteiger charge is 2.29. The Hall–Kier alpha value is -14.7. The standard InChI is InChI=1S/2C50H33N5/c1-4-14-33(15-5-1)36-20-10-23-39(28-36)48-53-49(40-24-11-21-37(29-40)34-16-6-2-7-17-34)55-50(54-48)41-25-12-22-38(30-41)46-45-31-44-42(35-18-8-3-9-19-35)26-13-27-43(44)47(45)52-32-51-46;1-4-14-33(15-5-1)36-21-12-23-39(26-36)48-53-49(40-24-13-22-37(27-40)34-16-6-2-7-17-34)55-50(54-48)43-29-41(35-18-8-3-9-19-35)28-42(30-43)46-45-31-38-20-10-11-25-44(38)47(45)52-32-51-46/h2*1-30,32H,31H2. The first kappa shape index (κ1) is 66.0. The topological polar surface area (TPSA) is 129 Å². The van der Waals surface area contributed by atoms with Crippen LogP contribution in [0.4, 0.5) is 0 Å². The Labute approximate surface area is 637 Å². The van der Waals surface area contributed by atoms with Crippen molar-refractivity contribution in [3.05, 3.63) is 399 Å². The van der Waals surface area contributed by atoms with Crippen molar-refractivity contribution in [3.8, 4) is 180 Å². The lowest BCUT2D eigenvalue weighted by molar-refractivity contribution is 1.07. The highest BCUT2D eigenvalue weighted by atomic mass is 15.0. The van der Waals surface area contributed by atoms with E-state index in [0.29, 0.717) is 34.9 Å². The van der Waals surface area contributed by atoms with Crippen LogP contribution in [0.15, 0.2) is 377 Å². The second-order valence-corrected chi connectivity index (χ2v) is 27.5. The Balaban J connectivity index is 0.000000149. The summed E-state index contributed by atoms with van der Waals surface area (Å²) < 4.78 is 0. The molecule has 0 amide bonds. The van der Waals surface area contributed by atoms with Gasteiger partial charge in [0.05, 0.1) is 22.8 Å². The van der Waals surface area contributed by atoms with E-state index in [1.165, 1.54) is 33.4 Å². The number of hydrogen-bond donors (Lipinski definition) is 0. The maximum Gasteiger partial charge on any atom is 0.164 e. The lowest BCUT2D eigenvalue weighted by Crippen LogP contribution is -2.01. The average Bonchev–Trinajstić information content (AvgIpc) is 1.56. The van der Waals surface area contributed by atoms with Gasteiger partial charge in [-0.3, -0.25) is 0 Å². The molecule has 516 valence electrons. The van der Waals surface area contributed by atoms with Gasteiger partial charge in [-0.15, -0.1) is 0 Å². The predicted octanol–water partition coefficient (Wildman–Crippen LogP) is 23.8. The fourth-order valence-corrected chi connectivity index (χ4v) is 15.2. The molecule has 4 heterocycles. The minimum Gasteiger partial charge on any atom is -0.236 e. The highest BCUT2D eigenvalue weighted by molar-refractivity contribution is 5.89. The Morgan fingerprint density at radius 1 is 0.155 bits per heavy atom. The summed E-state index contributed by atoms with van der Waals surface area (Å²) in [5.41, 5.74) is 31.9. The molecule has 4 aromatic heterocycles. The normalized spacial score (nSPS) is 11.6. The summed E-state index contributed by atoms with van der Waals surface area (Å²) >= 11 is 0. The number of rotatable bonds is 14. The summed E-state index contributed by atoms with van der Waals surface area (Å²) in [6.07, 6.45) is 4.90. The largest absolute Gasteiger partial charge is 0.236 e. The van der Waals surface area contributed by atoms with Gasteiger partial charge in [0.15, 0.2) is 34.9 Å². The first-order valence-corrected chi connectivity index (χ1v) is 36.9. The summed E-state index contributed by atoms with van der Waals surface area (Å²) in [4.78, 5) is 50.4. The molecular formula is C100H66N10. The molecule has 0 atom stereocenters. The van der Waals surface area contributed by atoms with Crippen molar-refractivity contribution >= 4 is 0 Å². The zero-order chi connectivity index (χ0) is 73.1. The number of fused-ring (bicyclic) bond motifs is 6. The number of hydrogen-bond acceptors (Lipinski definition) is 10. The lowest BCUT2D eigenvalue weighted by atomic mass is 9.95. The molecule has 0 bridgehead atoms. The lowest BCUT2D eigenvalue weighted by Gasteiger charge is -2.14. The van der Waals surface area contributed by atoms with Crippen molar-refractivity contribution in [2.24, 2.45) is 0 Å². The molecule has 10 heteroatoms. The van der Waals surface area contributed by atoms with Gasteiger partial charge < -0.3 is 0 Å².